The third-order valence-corrected chi connectivity index (χ3v) is 4.54. The van der Waals surface area contributed by atoms with E-state index in [1.807, 2.05) is 36.1 Å². The lowest BCUT2D eigenvalue weighted by molar-refractivity contribution is -0.141. The number of ether oxygens (including phenoxy) is 1. The molecule has 0 spiro atoms. The molecule has 1 aliphatic carbocycles. The third-order valence-electron chi connectivity index (χ3n) is 4.54. The highest BCUT2D eigenvalue weighted by Gasteiger charge is 2.35. The zero-order valence-electron chi connectivity index (χ0n) is 12.1. The molecule has 1 atom stereocenters. The summed E-state index contributed by atoms with van der Waals surface area (Å²) in [4.78, 5) is 19.1. The molecule has 21 heavy (non-hydrogen) atoms. The van der Waals surface area contributed by atoms with E-state index < -0.39 is 6.10 Å². The summed E-state index contributed by atoms with van der Waals surface area (Å²) in [6, 6.07) is 10.5. The van der Waals surface area contributed by atoms with Gasteiger partial charge in [-0.1, -0.05) is 18.2 Å². The highest BCUT2D eigenvalue weighted by molar-refractivity contribution is 5.84. The number of amides is 1. The second-order valence-electron chi connectivity index (χ2n) is 5.96. The van der Waals surface area contributed by atoms with Crippen LogP contribution in [0.4, 0.5) is 0 Å². The number of nitrogens with zero attached hydrogens (tertiary/aromatic N) is 2. The minimum Gasteiger partial charge on any atom is -0.464 e. The largest absolute Gasteiger partial charge is 0.464 e. The van der Waals surface area contributed by atoms with E-state index in [0.717, 1.165) is 29.3 Å². The van der Waals surface area contributed by atoms with Crippen molar-refractivity contribution in [2.45, 2.75) is 44.9 Å². The van der Waals surface area contributed by atoms with Crippen LogP contribution in [0.1, 0.15) is 31.7 Å². The number of benzene rings is 1. The maximum Gasteiger partial charge on any atom is 0.263 e. The minimum absolute atomic E-state index is 0.0850. The first kappa shape index (κ1) is 12.6. The van der Waals surface area contributed by atoms with Crippen LogP contribution in [-0.2, 0) is 11.3 Å². The quantitative estimate of drug-likeness (QED) is 0.807. The van der Waals surface area contributed by atoms with Crippen LogP contribution in [0.3, 0.4) is 0 Å². The molecule has 4 nitrogen and oxygen atoms in total. The van der Waals surface area contributed by atoms with E-state index in [-0.39, 0.29) is 5.91 Å². The third kappa shape index (κ3) is 2.06. The summed E-state index contributed by atoms with van der Waals surface area (Å²) in [7, 11) is 0. The smallest absolute Gasteiger partial charge is 0.263 e. The van der Waals surface area contributed by atoms with Crippen molar-refractivity contribution in [1.29, 1.82) is 0 Å². The SMILES string of the molecule is CC1Oc2nc3ccccc3cc2CN(C2CCC2)C1=O. The van der Waals surface area contributed by atoms with Crippen molar-refractivity contribution in [1.82, 2.24) is 9.88 Å². The summed E-state index contributed by atoms with van der Waals surface area (Å²) in [5, 5.41) is 1.09. The number of rotatable bonds is 1. The minimum atomic E-state index is -0.458. The van der Waals surface area contributed by atoms with Gasteiger partial charge < -0.3 is 9.64 Å². The Hall–Kier alpha value is -2.10. The average molecular weight is 282 g/mol. The zero-order valence-corrected chi connectivity index (χ0v) is 12.1. The average Bonchev–Trinajstić information content (AvgIpc) is 2.54. The van der Waals surface area contributed by atoms with E-state index in [0.29, 0.717) is 18.5 Å². The Kier molecular flexibility index (Phi) is 2.84. The fourth-order valence-corrected chi connectivity index (χ4v) is 3.08. The molecule has 0 N–H and O–H groups in total. The van der Waals surface area contributed by atoms with E-state index in [1.165, 1.54) is 6.42 Å². The first-order chi connectivity index (χ1) is 10.2. The van der Waals surface area contributed by atoms with Gasteiger partial charge in [0.25, 0.3) is 5.91 Å². The molecule has 1 fully saturated rings. The van der Waals surface area contributed by atoms with Gasteiger partial charge in [0.05, 0.1) is 12.1 Å². The van der Waals surface area contributed by atoms with Crippen molar-refractivity contribution in [2.24, 2.45) is 0 Å². The number of hydrogen-bond donors (Lipinski definition) is 0. The Morgan fingerprint density at radius 2 is 2.10 bits per heavy atom. The van der Waals surface area contributed by atoms with Gasteiger partial charge in [-0.3, -0.25) is 4.79 Å². The number of carbonyl (C=O) groups excluding carboxylic acids is 1. The molecule has 2 heterocycles. The molecule has 108 valence electrons. The highest BCUT2D eigenvalue weighted by Crippen LogP contribution is 2.32. The second-order valence-corrected chi connectivity index (χ2v) is 5.96. The van der Waals surface area contributed by atoms with E-state index in [1.54, 1.807) is 0 Å². The number of carbonyl (C=O) groups is 1. The van der Waals surface area contributed by atoms with Crippen molar-refractivity contribution in [3.05, 3.63) is 35.9 Å². The van der Waals surface area contributed by atoms with E-state index in [4.69, 9.17) is 4.74 Å². The normalized spacial score (nSPS) is 22.4. The lowest BCUT2D eigenvalue weighted by Gasteiger charge is -2.37. The molecule has 1 saturated carbocycles. The number of fused-ring (bicyclic) bond motifs is 2. The Labute approximate surface area is 123 Å². The molecule has 4 heteroatoms. The topological polar surface area (TPSA) is 42.4 Å². The van der Waals surface area contributed by atoms with E-state index >= 15 is 0 Å². The summed E-state index contributed by atoms with van der Waals surface area (Å²) in [5.74, 6) is 0.693. The summed E-state index contributed by atoms with van der Waals surface area (Å²) >= 11 is 0. The van der Waals surface area contributed by atoms with Crippen LogP contribution in [0.15, 0.2) is 30.3 Å². The van der Waals surface area contributed by atoms with Gasteiger partial charge in [0, 0.05) is 17.0 Å². The lowest BCUT2D eigenvalue weighted by Crippen LogP contribution is -2.47. The van der Waals surface area contributed by atoms with Gasteiger partial charge in [-0.05, 0) is 38.3 Å². The van der Waals surface area contributed by atoms with E-state index in [2.05, 4.69) is 11.1 Å². The molecule has 1 aromatic heterocycles. The standard InChI is InChI=1S/C17H18N2O2/c1-11-17(20)19(14-6-4-7-14)10-13-9-12-5-2-3-8-15(12)18-16(13)21-11/h2-3,5,8-9,11,14H,4,6-7,10H2,1H3. The van der Waals surface area contributed by atoms with Crippen LogP contribution in [0.2, 0.25) is 0 Å². The summed E-state index contributed by atoms with van der Waals surface area (Å²) in [6.45, 7) is 2.43. The number of aromatic nitrogens is 1. The van der Waals surface area contributed by atoms with Crippen molar-refractivity contribution < 1.29 is 9.53 Å². The first-order valence-corrected chi connectivity index (χ1v) is 7.58. The Bertz CT molecular complexity index is 709. The van der Waals surface area contributed by atoms with Crippen LogP contribution in [0, 0.1) is 0 Å². The molecule has 1 aliphatic heterocycles. The zero-order chi connectivity index (χ0) is 14.4. The highest BCUT2D eigenvalue weighted by atomic mass is 16.5. The molecular weight excluding hydrogens is 264 g/mol. The molecule has 1 aromatic carbocycles. The molecule has 2 aliphatic rings. The maximum absolute atomic E-state index is 12.5. The van der Waals surface area contributed by atoms with Crippen LogP contribution >= 0.6 is 0 Å². The van der Waals surface area contributed by atoms with Crippen LogP contribution in [0.5, 0.6) is 5.88 Å². The van der Waals surface area contributed by atoms with Crippen molar-refractivity contribution in [2.75, 3.05) is 0 Å². The summed E-state index contributed by atoms with van der Waals surface area (Å²) in [6.07, 6.45) is 2.97. The summed E-state index contributed by atoms with van der Waals surface area (Å²) in [5.41, 5.74) is 1.92. The van der Waals surface area contributed by atoms with Gasteiger partial charge in [-0.25, -0.2) is 4.98 Å². The molecule has 4 rings (SSSR count). The van der Waals surface area contributed by atoms with Crippen molar-refractivity contribution in [3.8, 4) is 5.88 Å². The Balaban J connectivity index is 1.79. The van der Waals surface area contributed by atoms with Crippen LogP contribution < -0.4 is 4.74 Å². The second kappa shape index (κ2) is 4.72. The molecule has 2 aromatic rings. The number of hydrogen-bond acceptors (Lipinski definition) is 3. The van der Waals surface area contributed by atoms with E-state index in [9.17, 15) is 4.79 Å². The monoisotopic (exact) mass is 282 g/mol. The first-order valence-electron chi connectivity index (χ1n) is 7.58. The van der Waals surface area contributed by atoms with Gasteiger partial charge in [0.15, 0.2) is 6.10 Å². The molecule has 1 unspecified atom stereocenters. The van der Waals surface area contributed by atoms with Gasteiger partial charge in [0.2, 0.25) is 5.88 Å². The molecular formula is C17H18N2O2. The summed E-state index contributed by atoms with van der Waals surface area (Å²) < 4.78 is 5.82. The van der Waals surface area contributed by atoms with Crippen LogP contribution in [0.25, 0.3) is 10.9 Å². The molecule has 0 saturated heterocycles. The van der Waals surface area contributed by atoms with Crippen molar-refractivity contribution in [3.63, 3.8) is 0 Å². The fraction of sp³-hybridized carbons (Fsp3) is 0.412. The fourth-order valence-electron chi connectivity index (χ4n) is 3.08. The molecule has 0 bridgehead atoms. The van der Waals surface area contributed by atoms with Crippen LogP contribution in [-0.4, -0.2) is 27.9 Å². The molecule has 0 radical (unpaired) electrons. The number of para-hydroxylation sites is 1. The Morgan fingerprint density at radius 3 is 2.86 bits per heavy atom. The predicted molar refractivity (Wildman–Crippen MR) is 80.0 cm³/mol. The lowest BCUT2D eigenvalue weighted by atomic mass is 9.91. The number of pyridine rings is 1. The predicted octanol–water partition coefficient (Wildman–Crippen LogP) is 2.90. The maximum atomic E-state index is 12.5. The Morgan fingerprint density at radius 1 is 1.29 bits per heavy atom. The van der Waals surface area contributed by atoms with Gasteiger partial charge >= 0.3 is 0 Å². The van der Waals surface area contributed by atoms with Crippen molar-refractivity contribution >= 4 is 16.8 Å². The van der Waals surface area contributed by atoms with Gasteiger partial charge in [-0.15, -0.1) is 0 Å². The van der Waals surface area contributed by atoms with Gasteiger partial charge in [-0.2, -0.15) is 0 Å². The van der Waals surface area contributed by atoms with Gasteiger partial charge in [0.1, 0.15) is 0 Å². The molecule has 1 amide bonds.